The molecule has 2 heterocycles. The lowest BCUT2D eigenvalue weighted by Crippen LogP contribution is -2.43. The van der Waals surface area contributed by atoms with E-state index in [0.717, 1.165) is 12.8 Å². The van der Waals surface area contributed by atoms with Crippen molar-refractivity contribution in [3.63, 3.8) is 0 Å². The van der Waals surface area contributed by atoms with Gasteiger partial charge in [-0.25, -0.2) is 9.59 Å². The van der Waals surface area contributed by atoms with Gasteiger partial charge in [-0.2, -0.15) is 0 Å². The highest BCUT2D eigenvalue weighted by Gasteiger charge is 2.36. The number of aromatic nitrogens is 1. The van der Waals surface area contributed by atoms with Crippen molar-refractivity contribution in [1.29, 1.82) is 0 Å². The van der Waals surface area contributed by atoms with Crippen LogP contribution in [-0.2, 0) is 16.1 Å². The quantitative estimate of drug-likeness (QED) is 0.332. The zero-order valence-corrected chi connectivity index (χ0v) is 21.7. The predicted octanol–water partition coefficient (Wildman–Crippen LogP) is 6.12. The highest BCUT2D eigenvalue weighted by atomic mass is 19.4. The Bertz CT molecular complexity index is 1360. The number of carbonyl (C=O) groups is 2. The Morgan fingerprint density at radius 2 is 1.82 bits per heavy atom. The van der Waals surface area contributed by atoms with E-state index >= 15 is 0 Å². The van der Waals surface area contributed by atoms with Gasteiger partial charge in [0.15, 0.2) is 0 Å². The number of hydrogen-bond acceptors (Lipinski definition) is 7. The molecule has 9 nitrogen and oxygen atoms in total. The smallest absolute Gasteiger partial charge is 0.465 e. The number of benzene rings is 2. The van der Waals surface area contributed by atoms with Crippen molar-refractivity contribution in [3.05, 3.63) is 65.4 Å². The molecular weight excluding hydrogens is 531 g/mol. The lowest BCUT2D eigenvalue weighted by Gasteiger charge is -2.32. The first-order valence-corrected chi connectivity index (χ1v) is 12.9. The minimum Gasteiger partial charge on any atom is -0.465 e. The number of alkyl halides is 3. The monoisotopic (exact) mass is 559 g/mol. The van der Waals surface area contributed by atoms with Gasteiger partial charge in [0.05, 0.1) is 25.4 Å². The van der Waals surface area contributed by atoms with E-state index in [1.54, 1.807) is 35.2 Å². The number of rotatable bonds is 8. The van der Waals surface area contributed by atoms with E-state index < -0.39 is 12.3 Å². The molecule has 0 spiro atoms. The first-order valence-electron chi connectivity index (χ1n) is 12.9. The number of hydrogen-bond donors (Lipinski definition) is 1. The third-order valence-corrected chi connectivity index (χ3v) is 6.86. The summed E-state index contributed by atoms with van der Waals surface area (Å²) in [6.07, 6.45) is -2.04. The maximum atomic E-state index is 13.0. The molecule has 2 fully saturated rings. The lowest BCUT2D eigenvalue weighted by atomic mass is 10.0. The maximum Gasteiger partial charge on any atom is 0.573 e. The summed E-state index contributed by atoms with van der Waals surface area (Å²) in [6, 6.07) is 12.0. The van der Waals surface area contributed by atoms with E-state index in [1.807, 2.05) is 0 Å². The van der Waals surface area contributed by atoms with Gasteiger partial charge in [-0.15, -0.1) is 13.2 Å². The number of nitrogens with zero attached hydrogens (tertiary/aromatic N) is 2. The fourth-order valence-electron chi connectivity index (χ4n) is 4.69. The fraction of sp³-hybridized carbons (Fsp3) is 0.393. The molecule has 12 heteroatoms. The first kappa shape index (κ1) is 27.5. The van der Waals surface area contributed by atoms with Gasteiger partial charge in [-0.3, -0.25) is 0 Å². The van der Waals surface area contributed by atoms with Crippen LogP contribution in [0.4, 0.5) is 23.7 Å². The average molecular weight is 560 g/mol. The Kier molecular flexibility index (Phi) is 7.97. The third kappa shape index (κ3) is 6.56. The molecule has 40 heavy (non-hydrogen) atoms. The zero-order valence-electron chi connectivity index (χ0n) is 21.7. The van der Waals surface area contributed by atoms with Gasteiger partial charge >= 0.3 is 18.4 Å². The summed E-state index contributed by atoms with van der Waals surface area (Å²) in [5.41, 5.74) is 1.88. The molecule has 2 aliphatic rings. The Balaban J connectivity index is 1.21. The molecule has 0 radical (unpaired) electrons. The van der Waals surface area contributed by atoms with Gasteiger partial charge in [-0.05, 0) is 56.0 Å². The van der Waals surface area contributed by atoms with Gasteiger partial charge in [0.25, 0.3) is 0 Å². The molecule has 1 saturated carbocycles. The van der Waals surface area contributed by atoms with E-state index in [0.29, 0.717) is 48.5 Å². The van der Waals surface area contributed by atoms with E-state index in [2.05, 4.69) is 15.2 Å². The van der Waals surface area contributed by atoms with Crippen LogP contribution in [0.5, 0.6) is 5.75 Å². The van der Waals surface area contributed by atoms with Gasteiger partial charge in [-0.1, -0.05) is 23.4 Å². The largest absolute Gasteiger partial charge is 0.573 e. The van der Waals surface area contributed by atoms with Crippen LogP contribution in [0, 0.1) is 0 Å². The van der Waals surface area contributed by atoms with Crippen molar-refractivity contribution in [2.45, 2.75) is 50.7 Å². The highest BCUT2D eigenvalue weighted by molar-refractivity contribution is 5.93. The number of likely N-dealkylation sites (tertiary alicyclic amines) is 1. The number of esters is 1. The number of nitrogens with one attached hydrogen (secondary N) is 1. The topological polar surface area (TPSA) is 103 Å². The molecule has 0 atom stereocenters. The van der Waals surface area contributed by atoms with Crippen LogP contribution in [0.3, 0.4) is 0 Å². The summed E-state index contributed by atoms with van der Waals surface area (Å²) >= 11 is 0. The molecule has 1 saturated heterocycles. The standard InChI is InChI=1S/C28H28F3N3O6/c1-37-26(35)18-5-4-6-19(15-18)32-27(36)34-13-11-20(12-14-34)38-16-22-24(33-40-25(22)17-9-10-17)21-7-2-3-8-23(21)39-28(29,30)31/h2-8,15,17,20H,9-14,16H2,1H3,(H,32,36). The van der Waals surface area contributed by atoms with E-state index in [4.69, 9.17) is 14.0 Å². The number of halogens is 3. The molecule has 1 aromatic heterocycles. The van der Waals surface area contributed by atoms with Crippen molar-refractivity contribution in [2.75, 3.05) is 25.5 Å². The third-order valence-electron chi connectivity index (χ3n) is 6.86. The highest BCUT2D eigenvalue weighted by Crippen LogP contribution is 2.45. The number of anilines is 1. The molecule has 2 amide bonds. The minimum absolute atomic E-state index is 0.113. The predicted molar refractivity (Wildman–Crippen MR) is 137 cm³/mol. The van der Waals surface area contributed by atoms with Crippen LogP contribution in [0.2, 0.25) is 0 Å². The summed E-state index contributed by atoms with van der Waals surface area (Å²) in [5.74, 6) is -0.0591. The van der Waals surface area contributed by atoms with Crippen LogP contribution in [0.25, 0.3) is 11.3 Å². The van der Waals surface area contributed by atoms with E-state index in [1.165, 1.54) is 25.3 Å². The first-order chi connectivity index (χ1) is 19.2. The molecule has 1 aliphatic carbocycles. The number of carbonyl (C=O) groups excluding carboxylic acids is 2. The van der Waals surface area contributed by atoms with Gasteiger partial charge in [0.1, 0.15) is 17.2 Å². The molecule has 2 aromatic carbocycles. The molecule has 3 aromatic rings. The number of ether oxygens (including phenoxy) is 3. The summed E-state index contributed by atoms with van der Waals surface area (Å²) < 4.78 is 59.7. The summed E-state index contributed by atoms with van der Waals surface area (Å²) in [5, 5.41) is 6.91. The molecule has 0 unspecified atom stereocenters. The molecule has 0 bridgehead atoms. The average Bonchev–Trinajstić information content (AvgIpc) is 3.70. The second kappa shape index (κ2) is 11.6. The summed E-state index contributed by atoms with van der Waals surface area (Å²) in [4.78, 5) is 26.2. The second-order valence-corrected chi connectivity index (χ2v) is 9.69. The molecule has 1 N–H and O–H groups in total. The number of amides is 2. The second-order valence-electron chi connectivity index (χ2n) is 9.69. The van der Waals surface area contributed by atoms with Crippen molar-refractivity contribution in [2.24, 2.45) is 0 Å². The van der Waals surface area contributed by atoms with Crippen molar-refractivity contribution < 1.29 is 41.5 Å². The normalized spacial score (nSPS) is 16.1. The van der Waals surface area contributed by atoms with Crippen LogP contribution >= 0.6 is 0 Å². The Labute approximate surface area is 228 Å². The molecule has 1 aliphatic heterocycles. The number of piperidine rings is 1. The van der Waals surface area contributed by atoms with Crippen molar-refractivity contribution in [1.82, 2.24) is 10.1 Å². The fourth-order valence-corrected chi connectivity index (χ4v) is 4.69. The van der Waals surface area contributed by atoms with Crippen LogP contribution in [0.15, 0.2) is 53.1 Å². The van der Waals surface area contributed by atoms with Crippen molar-refractivity contribution in [3.8, 4) is 17.0 Å². The van der Waals surface area contributed by atoms with E-state index in [9.17, 15) is 22.8 Å². The zero-order chi connectivity index (χ0) is 28.3. The van der Waals surface area contributed by atoms with Crippen LogP contribution in [-0.4, -0.2) is 54.7 Å². The van der Waals surface area contributed by atoms with Gasteiger partial charge < -0.3 is 29.0 Å². The van der Waals surface area contributed by atoms with E-state index in [-0.39, 0.29) is 41.7 Å². The van der Waals surface area contributed by atoms with Crippen LogP contribution in [0.1, 0.15) is 53.3 Å². The number of para-hydroxylation sites is 1. The Morgan fingerprint density at radius 3 is 2.52 bits per heavy atom. The maximum absolute atomic E-state index is 13.0. The van der Waals surface area contributed by atoms with Crippen LogP contribution < -0.4 is 10.1 Å². The van der Waals surface area contributed by atoms with Gasteiger partial charge in [0.2, 0.25) is 0 Å². The SMILES string of the molecule is COC(=O)c1cccc(NC(=O)N2CCC(OCc3c(-c4ccccc4OC(F)(F)F)noc3C3CC3)CC2)c1. The summed E-state index contributed by atoms with van der Waals surface area (Å²) in [6.45, 7) is 1.01. The summed E-state index contributed by atoms with van der Waals surface area (Å²) in [7, 11) is 1.29. The number of urea groups is 1. The Hall–Kier alpha value is -4.06. The molecule has 5 rings (SSSR count). The van der Waals surface area contributed by atoms with Crippen molar-refractivity contribution >= 4 is 17.7 Å². The van der Waals surface area contributed by atoms with Gasteiger partial charge in [0, 0.05) is 35.8 Å². The number of methoxy groups -OCH3 is 1. The lowest BCUT2D eigenvalue weighted by molar-refractivity contribution is -0.274. The minimum atomic E-state index is -4.85. The molecular formula is C28H28F3N3O6. The Morgan fingerprint density at radius 1 is 1.07 bits per heavy atom. The molecule has 212 valence electrons.